The highest BCUT2D eigenvalue weighted by Gasteiger charge is 2.32. The molecule has 4 heteroatoms. The average Bonchev–Trinajstić information content (AvgIpc) is 2.95. The van der Waals surface area contributed by atoms with Crippen LogP contribution in [0.2, 0.25) is 0 Å². The second-order valence-electron chi connectivity index (χ2n) is 6.25. The van der Waals surface area contributed by atoms with E-state index in [0.29, 0.717) is 11.7 Å². The van der Waals surface area contributed by atoms with Crippen LogP contribution >= 0.6 is 11.8 Å². The Morgan fingerprint density at radius 1 is 1.09 bits per heavy atom. The molecule has 0 aromatic heterocycles. The van der Waals surface area contributed by atoms with Crippen molar-refractivity contribution in [3.8, 4) is 0 Å². The van der Waals surface area contributed by atoms with Crippen molar-refractivity contribution in [1.82, 2.24) is 9.80 Å². The van der Waals surface area contributed by atoms with Crippen LogP contribution in [0.3, 0.4) is 0 Å². The van der Waals surface area contributed by atoms with Crippen LogP contribution in [0.4, 0.5) is 0 Å². The third-order valence-corrected chi connectivity index (χ3v) is 6.00. The fraction of sp³-hybridized carbons (Fsp3) is 0.611. The van der Waals surface area contributed by atoms with Crippen LogP contribution < -0.4 is 0 Å². The SMILES string of the molecule is CCc1ccc(C2SCC(=O)N2CCN2CCCCC2)cc1. The van der Waals surface area contributed by atoms with Crippen LogP contribution in [0.15, 0.2) is 24.3 Å². The monoisotopic (exact) mass is 318 g/mol. The highest BCUT2D eigenvalue weighted by Crippen LogP contribution is 2.38. The van der Waals surface area contributed by atoms with Gasteiger partial charge in [0, 0.05) is 13.1 Å². The molecule has 3 nitrogen and oxygen atoms in total. The van der Waals surface area contributed by atoms with Gasteiger partial charge in [-0.3, -0.25) is 4.79 Å². The van der Waals surface area contributed by atoms with Gasteiger partial charge < -0.3 is 9.80 Å². The third-order valence-electron chi connectivity index (χ3n) is 4.75. The van der Waals surface area contributed by atoms with Crippen molar-refractivity contribution < 1.29 is 4.79 Å². The molecule has 0 aliphatic carbocycles. The lowest BCUT2D eigenvalue weighted by Gasteiger charge is -2.30. The molecule has 1 unspecified atom stereocenters. The van der Waals surface area contributed by atoms with Crippen LogP contribution in [0, 0.1) is 0 Å². The molecule has 2 aliphatic heterocycles. The number of carbonyl (C=O) groups excluding carboxylic acids is 1. The Balaban J connectivity index is 1.63. The van der Waals surface area contributed by atoms with E-state index < -0.39 is 0 Å². The van der Waals surface area contributed by atoms with E-state index in [0.717, 1.165) is 19.5 Å². The van der Waals surface area contributed by atoms with Gasteiger partial charge in [0.15, 0.2) is 0 Å². The molecule has 2 fully saturated rings. The molecule has 1 amide bonds. The van der Waals surface area contributed by atoms with Crippen molar-refractivity contribution in [3.05, 3.63) is 35.4 Å². The number of thioether (sulfide) groups is 1. The molecule has 0 bridgehead atoms. The normalized spacial score (nSPS) is 23.2. The summed E-state index contributed by atoms with van der Waals surface area (Å²) in [6.07, 6.45) is 5.05. The summed E-state index contributed by atoms with van der Waals surface area (Å²) < 4.78 is 0. The maximum absolute atomic E-state index is 12.2. The molecule has 1 aromatic carbocycles. The van der Waals surface area contributed by atoms with Crippen LogP contribution in [0.25, 0.3) is 0 Å². The van der Waals surface area contributed by atoms with E-state index >= 15 is 0 Å². The molecule has 0 radical (unpaired) electrons. The summed E-state index contributed by atoms with van der Waals surface area (Å²) in [6, 6.07) is 8.79. The van der Waals surface area contributed by atoms with Gasteiger partial charge in [0.25, 0.3) is 0 Å². The number of benzene rings is 1. The number of piperidine rings is 1. The van der Waals surface area contributed by atoms with Crippen LogP contribution in [0.5, 0.6) is 0 Å². The lowest BCUT2D eigenvalue weighted by Crippen LogP contribution is -2.39. The largest absolute Gasteiger partial charge is 0.325 e. The van der Waals surface area contributed by atoms with Crippen molar-refractivity contribution in [2.45, 2.75) is 38.0 Å². The summed E-state index contributed by atoms with van der Waals surface area (Å²) in [5.74, 6) is 0.923. The summed E-state index contributed by atoms with van der Waals surface area (Å²) in [6.45, 7) is 6.46. The lowest BCUT2D eigenvalue weighted by atomic mass is 10.1. The fourth-order valence-electron chi connectivity index (χ4n) is 3.32. The van der Waals surface area contributed by atoms with Gasteiger partial charge in [0.1, 0.15) is 5.37 Å². The first kappa shape index (κ1) is 15.9. The van der Waals surface area contributed by atoms with Gasteiger partial charge >= 0.3 is 0 Å². The minimum atomic E-state index is 0.211. The minimum absolute atomic E-state index is 0.211. The van der Waals surface area contributed by atoms with E-state index in [2.05, 4.69) is 41.0 Å². The molecular formula is C18H26N2OS. The van der Waals surface area contributed by atoms with Crippen molar-refractivity contribution in [2.24, 2.45) is 0 Å². The van der Waals surface area contributed by atoms with Gasteiger partial charge in [-0.05, 0) is 43.5 Å². The molecule has 0 N–H and O–H groups in total. The van der Waals surface area contributed by atoms with Crippen molar-refractivity contribution >= 4 is 17.7 Å². The number of hydrogen-bond donors (Lipinski definition) is 0. The Hall–Kier alpha value is -1.00. The lowest BCUT2D eigenvalue weighted by molar-refractivity contribution is -0.128. The van der Waals surface area contributed by atoms with E-state index in [9.17, 15) is 4.79 Å². The molecule has 2 heterocycles. The van der Waals surface area contributed by atoms with E-state index in [-0.39, 0.29) is 5.37 Å². The van der Waals surface area contributed by atoms with E-state index in [1.807, 2.05) is 0 Å². The molecule has 0 spiro atoms. The Bertz CT molecular complexity index is 496. The number of amides is 1. The quantitative estimate of drug-likeness (QED) is 0.832. The van der Waals surface area contributed by atoms with Crippen LogP contribution in [0.1, 0.15) is 42.7 Å². The van der Waals surface area contributed by atoms with Crippen molar-refractivity contribution in [3.63, 3.8) is 0 Å². The zero-order valence-electron chi connectivity index (χ0n) is 13.5. The Morgan fingerprint density at radius 2 is 1.82 bits per heavy atom. The molecule has 3 rings (SSSR count). The van der Waals surface area contributed by atoms with Gasteiger partial charge in [0.05, 0.1) is 5.75 Å². The molecule has 0 saturated carbocycles. The zero-order valence-corrected chi connectivity index (χ0v) is 14.3. The maximum atomic E-state index is 12.2. The second-order valence-corrected chi connectivity index (χ2v) is 7.32. The predicted molar refractivity (Wildman–Crippen MR) is 93.0 cm³/mol. The topological polar surface area (TPSA) is 23.6 Å². The van der Waals surface area contributed by atoms with Gasteiger partial charge in [-0.15, -0.1) is 11.8 Å². The number of likely N-dealkylation sites (tertiary alicyclic amines) is 1. The van der Waals surface area contributed by atoms with Crippen molar-refractivity contribution in [2.75, 3.05) is 31.9 Å². The number of carbonyl (C=O) groups is 1. The predicted octanol–water partition coefficient (Wildman–Crippen LogP) is 3.31. The molecule has 2 saturated heterocycles. The highest BCUT2D eigenvalue weighted by atomic mass is 32.2. The number of nitrogens with zero attached hydrogens (tertiary/aromatic N) is 2. The van der Waals surface area contributed by atoms with Gasteiger partial charge in [-0.25, -0.2) is 0 Å². The van der Waals surface area contributed by atoms with E-state index in [4.69, 9.17) is 0 Å². The molecule has 1 atom stereocenters. The molecular weight excluding hydrogens is 292 g/mol. The minimum Gasteiger partial charge on any atom is -0.325 e. The number of aryl methyl sites for hydroxylation is 1. The van der Waals surface area contributed by atoms with Gasteiger partial charge in [0.2, 0.25) is 5.91 Å². The Kier molecular flexibility index (Phi) is 5.42. The van der Waals surface area contributed by atoms with Gasteiger partial charge in [-0.2, -0.15) is 0 Å². The van der Waals surface area contributed by atoms with E-state index in [1.54, 1.807) is 11.8 Å². The first-order chi connectivity index (χ1) is 10.8. The molecule has 2 aliphatic rings. The van der Waals surface area contributed by atoms with Crippen LogP contribution in [-0.2, 0) is 11.2 Å². The first-order valence-corrected chi connectivity index (χ1v) is 9.55. The summed E-state index contributed by atoms with van der Waals surface area (Å²) in [4.78, 5) is 16.8. The summed E-state index contributed by atoms with van der Waals surface area (Å²) in [5, 5.41) is 0.211. The smallest absolute Gasteiger partial charge is 0.233 e. The summed E-state index contributed by atoms with van der Waals surface area (Å²) >= 11 is 1.77. The third kappa shape index (κ3) is 3.66. The molecule has 120 valence electrons. The van der Waals surface area contributed by atoms with Crippen molar-refractivity contribution in [1.29, 1.82) is 0 Å². The summed E-state index contributed by atoms with van der Waals surface area (Å²) in [7, 11) is 0. The number of rotatable bonds is 5. The Morgan fingerprint density at radius 3 is 2.50 bits per heavy atom. The first-order valence-electron chi connectivity index (χ1n) is 8.50. The fourth-order valence-corrected chi connectivity index (χ4v) is 4.54. The second kappa shape index (κ2) is 7.51. The summed E-state index contributed by atoms with van der Waals surface area (Å²) in [5.41, 5.74) is 2.63. The van der Waals surface area contributed by atoms with E-state index in [1.165, 1.54) is 43.5 Å². The number of hydrogen-bond acceptors (Lipinski definition) is 3. The Labute approximate surface area is 138 Å². The highest BCUT2D eigenvalue weighted by molar-refractivity contribution is 8.00. The zero-order chi connectivity index (χ0) is 15.4. The molecule has 22 heavy (non-hydrogen) atoms. The average molecular weight is 318 g/mol. The molecule has 1 aromatic rings. The van der Waals surface area contributed by atoms with Gasteiger partial charge in [-0.1, -0.05) is 37.6 Å². The maximum Gasteiger partial charge on any atom is 0.233 e. The standard InChI is InChI=1S/C18H26N2OS/c1-2-15-6-8-16(9-7-15)18-20(17(21)14-22-18)13-12-19-10-4-3-5-11-19/h6-9,18H,2-5,10-14H2,1H3. The van der Waals surface area contributed by atoms with Crippen LogP contribution in [-0.4, -0.2) is 47.6 Å².